The van der Waals surface area contributed by atoms with Crippen LogP contribution in [-0.4, -0.2) is 44.4 Å². The minimum Gasteiger partial charge on any atom is -0.352 e. The van der Waals surface area contributed by atoms with E-state index < -0.39 is 0 Å². The van der Waals surface area contributed by atoms with Crippen molar-refractivity contribution in [3.05, 3.63) is 40.7 Å². The van der Waals surface area contributed by atoms with E-state index in [-0.39, 0.29) is 17.1 Å². The van der Waals surface area contributed by atoms with Gasteiger partial charge in [0, 0.05) is 36.6 Å². The molecule has 0 bridgehead atoms. The van der Waals surface area contributed by atoms with Gasteiger partial charge in [0.2, 0.25) is 5.91 Å². The van der Waals surface area contributed by atoms with Crippen molar-refractivity contribution in [2.24, 2.45) is 7.05 Å². The number of thioether (sulfide) groups is 1. The van der Waals surface area contributed by atoms with Crippen molar-refractivity contribution in [1.82, 2.24) is 25.4 Å². The van der Waals surface area contributed by atoms with Crippen LogP contribution in [-0.2, 0) is 18.3 Å². The molecule has 3 rings (SSSR count). The van der Waals surface area contributed by atoms with E-state index in [0.717, 1.165) is 18.7 Å². The van der Waals surface area contributed by atoms with Crippen LogP contribution in [0.2, 0.25) is 5.02 Å². The molecule has 1 aliphatic carbocycles. The number of carbonyl (C=O) groups is 2. The number of nitrogens with zero attached hydrogens (tertiary/aromatic N) is 3. The van der Waals surface area contributed by atoms with E-state index in [9.17, 15) is 9.59 Å². The highest BCUT2D eigenvalue weighted by molar-refractivity contribution is 8.00. The maximum absolute atomic E-state index is 12.5. The fourth-order valence-corrected chi connectivity index (χ4v) is 4.40. The summed E-state index contributed by atoms with van der Waals surface area (Å²) in [4.78, 5) is 24.7. The molecule has 1 aromatic heterocycles. The Morgan fingerprint density at radius 2 is 1.90 bits per heavy atom. The molecule has 30 heavy (non-hydrogen) atoms. The molecular formula is C21H28ClN5O2S. The lowest BCUT2D eigenvalue weighted by atomic mass is 9.95. The molecule has 0 spiro atoms. The van der Waals surface area contributed by atoms with Gasteiger partial charge < -0.3 is 15.2 Å². The lowest BCUT2D eigenvalue weighted by Crippen LogP contribution is -2.40. The first-order chi connectivity index (χ1) is 14.4. The minimum atomic E-state index is -0.243. The Balaban J connectivity index is 1.47. The van der Waals surface area contributed by atoms with Crippen LogP contribution < -0.4 is 10.6 Å². The topological polar surface area (TPSA) is 88.9 Å². The van der Waals surface area contributed by atoms with Crippen LogP contribution in [0.5, 0.6) is 0 Å². The van der Waals surface area contributed by atoms with Crippen LogP contribution in [0, 0.1) is 0 Å². The molecule has 2 N–H and O–H groups in total. The molecule has 0 aliphatic heterocycles. The molecule has 1 heterocycles. The number of aromatic nitrogens is 3. The van der Waals surface area contributed by atoms with Gasteiger partial charge in [-0.15, -0.1) is 10.2 Å². The summed E-state index contributed by atoms with van der Waals surface area (Å²) in [5, 5.41) is 15.5. The standard InChI is InChI=1S/C21H28ClN5O2S/c1-14(19(28)24-17-6-4-3-5-7-17)30-21-26-25-18(27(21)2)12-13-23-20(29)15-8-10-16(22)11-9-15/h8-11,14,17H,3-7,12-13H2,1-2H3,(H,23,29)(H,24,28)/t14-/m0/s1. The van der Waals surface area contributed by atoms with Crippen molar-refractivity contribution >= 4 is 35.2 Å². The van der Waals surface area contributed by atoms with Gasteiger partial charge in [0.25, 0.3) is 5.91 Å². The molecular weight excluding hydrogens is 422 g/mol. The zero-order valence-electron chi connectivity index (χ0n) is 17.4. The van der Waals surface area contributed by atoms with Gasteiger partial charge in [-0.2, -0.15) is 0 Å². The van der Waals surface area contributed by atoms with E-state index >= 15 is 0 Å². The fourth-order valence-electron chi connectivity index (χ4n) is 3.43. The lowest BCUT2D eigenvalue weighted by molar-refractivity contribution is -0.121. The van der Waals surface area contributed by atoms with Crippen molar-refractivity contribution in [2.75, 3.05) is 6.54 Å². The maximum Gasteiger partial charge on any atom is 0.251 e. The van der Waals surface area contributed by atoms with Gasteiger partial charge in [0.15, 0.2) is 5.16 Å². The van der Waals surface area contributed by atoms with Crippen LogP contribution in [0.3, 0.4) is 0 Å². The third-order valence-electron chi connectivity index (χ3n) is 5.27. The van der Waals surface area contributed by atoms with Gasteiger partial charge in [-0.3, -0.25) is 9.59 Å². The molecule has 1 fully saturated rings. The minimum absolute atomic E-state index is 0.0478. The van der Waals surface area contributed by atoms with E-state index in [1.54, 1.807) is 24.3 Å². The number of benzene rings is 1. The molecule has 162 valence electrons. The summed E-state index contributed by atoms with van der Waals surface area (Å²) in [7, 11) is 1.88. The van der Waals surface area contributed by atoms with Crippen LogP contribution in [0.1, 0.15) is 55.2 Å². The quantitative estimate of drug-likeness (QED) is 0.603. The monoisotopic (exact) mass is 449 g/mol. The Hall–Kier alpha value is -2.06. The Bertz CT molecular complexity index is 865. The van der Waals surface area contributed by atoms with Gasteiger partial charge in [0.05, 0.1) is 5.25 Å². The number of halogens is 1. The Morgan fingerprint density at radius 3 is 2.60 bits per heavy atom. The second-order valence-electron chi connectivity index (χ2n) is 7.57. The van der Waals surface area contributed by atoms with Crippen LogP contribution in [0.4, 0.5) is 0 Å². The Morgan fingerprint density at radius 1 is 1.20 bits per heavy atom. The SMILES string of the molecule is C[C@H](Sc1nnc(CCNC(=O)c2ccc(Cl)cc2)n1C)C(=O)NC1CCCCC1. The van der Waals surface area contributed by atoms with E-state index in [1.165, 1.54) is 31.0 Å². The summed E-state index contributed by atoms with van der Waals surface area (Å²) in [6, 6.07) is 7.06. The third-order valence-corrected chi connectivity index (χ3v) is 6.65. The zero-order chi connectivity index (χ0) is 21.5. The largest absolute Gasteiger partial charge is 0.352 e. The van der Waals surface area contributed by atoms with Gasteiger partial charge >= 0.3 is 0 Å². The second-order valence-corrected chi connectivity index (χ2v) is 9.32. The summed E-state index contributed by atoms with van der Waals surface area (Å²) in [6.07, 6.45) is 6.32. The smallest absolute Gasteiger partial charge is 0.251 e. The Kier molecular flexibility index (Phi) is 8.16. The van der Waals surface area contributed by atoms with Crippen molar-refractivity contribution in [3.63, 3.8) is 0 Å². The molecule has 1 aromatic carbocycles. The average molecular weight is 450 g/mol. The van der Waals surface area contributed by atoms with E-state index in [2.05, 4.69) is 20.8 Å². The zero-order valence-corrected chi connectivity index (χ0v) is 18.9. The van der Waals surface area contributed by atoms with Crippen molar-refractivity contribution in [2.45, 2.75) is 61.9 Å². The normalized spacial score (nSPS) is 15.6. The molecule has 1 atom stereocenters. The van der Waals surface area contributed by atoms with E-state index in [0.29, 0.717) is 34.7 Å². The molecule has 2 aromatic rings. The second kappa shape index (κ2) is 10.8. The molecule has 2 amide bonds. The number of hydrogen-bond donors (Lipinski definition) is 2. The summed E-state index contributed by atoms with van der Waals surface area (Å²) in [5.74, 6) is 0.650. The summed E-state index contributed by atoms with van der Waals surface area (Å²) in [6.45, 7) is 2.33. The van der Waals surface area contributed by atoms with Crippen LogP contribution >= 0.6 is 23.4 Å². The lowest BCUT2D eigenvalue weighted by Gasteiger charge is -2.24. The molecule has 0 radical (unpaired) electrons. The average Bonchev–Trinajstić information content (AvgIpc) is 3.08. The van der Waals surface area contributed by atoms with Gasteiger partial charge in [-0.1, -0.05) is 42.6 Å². The molecule has 0 saturated heterocycles. The van der Waals surface area contributed by atoms with Crippen molar-refractivity contribution in [1.29, 1.82) is 0 Å². The van der Waals surface area contributed by atoms with Crippen molar-refractivity contribution in [3.8, 4) is 0 Å². The molecule has 1 aliphatic rings. The van der Waals surface area contributed by atoms with Gasteiger partial charge in [0.1, 0.15) is 5.82 Å². The first-order valence-corrected chi connectivity index (χ1v) is 11.6. The maximum atomic E-state index is 12.5. The predicted octanol–water partition coefficient (Wildman–Crippen LogP) is 3.37. The number of rotatable bonds is 8. The summed E-state index contributed by atoms with van der Waals surface area (Å²) in [5.41, 5.74) is 0.561. The van der Waals surface area contributed by atoms with E-state index in [1.807, 2.05) is 18.5 Å². The van der Waals surface area contributed by atoms with Crippen molar-refractivity contribution < 1.29 is 9.59 Å². The summed E-state index contributed by atoms with van der Waals surface area (Å²) < 4.78 is 1.88. The molecule has 7 nitrogen and oxygen atoms in total. The highest BCUT2D eigenvalue weighted by atomic mass is 35.5. The highest BCUT2D eigenvalue weighted by Crippen LogP contribution is 2.23. The summed E-state index contributed by atoms with van der Waals surface area (Å²) >= 11 is 7.25. The predicted molar refractivity (Wildman–Crippen MR) is 119 cm³/mol. The first kappa shape index (κ1) is 22.6. The number of hydrogen-bond acceptors (Lipinski definition) is 5. The molecule has 1 saturated carbocycles. The number of amides is 2. The third kappa shape index (κ3) is 6.22. The van der Waals surface area contributed by atoms with Crippen LogP contribution in [0.15, 0.2) is 29.4 Å². The van der Waals surface area contributed by atoms with Gasteiger partial charge in [-0.25, -0.2) is 0 Å². The molecule has 9 heteroatoms. The number of carbonyl (C=O) groups excluding carboxylic acids is 2. The Labute approximate surface area is 186 Å². The first-order valence-electron chi connectivity index (χ1n) is 10.3. The molecule has 0 unspecified atom stereocenters. The number of nitrogens with one attached hydrogen (secondary N) is 2. The van der Waals surface area contributed by atoms with Crippen LogP contribution in [0.25, 0.3) is 0 Å². The van der Waals surface area contributed by atoms with Gasteiger partial charge in [-0.05, 0) is 44.0 Å². The fraction of sp³-hybridized carbons (Fsp3) is 0.524. The van der Waals surface area contributed by atoms with E-state index in [4.69, 9.17) is 11.6 Å². The highest BCUT2D eigenvalue weighted by Gasteiger charge is 2.22.